The van der Waals surface area contributed by atoms with E-state index in [4.69, 9.17) is 16.4 Å². The molecule has 2 saturated heterocycles. The number of pyridine rings is 2. The Balaban J connectivity index is 1.50. The van der Waals surface area contributed by atoms with Gasteiger partial charge >= 0.3 is 0 Å². The average Bonchev–Trinajstić information content (AvgIpc) is 2.77. The van der Waals surface area contributed by atoms with Crippen molar-refractivity contribution >= 4 is 28.4 Å². The van der Waals surface area contributed by atoms with Crippen LogP contribution in [0.15, 0.2) is 36.2 Å². The number of nitrogens with zero attached hydrogens (tertiary/aromatic N) is 3. The fourth-order valence-corrected chi connectivity index (χ4v) is 4.95. The zero-order valence-corrected chi connectivity index (χ0v) is 18.2. The summed E-state index contributed by atoms with van der Waals surface area (Å²) >= 11 is 0. The van der Waals surface area contributed by atoms with E-state index in [9.17, 15) is 8.78 Å². The summed E-state index contributed by atoms with van der Waals surface area (Å²) in [6, 6.07) is 8.74. The fraction of sp³-hybridized carbons (Fsp3) is 0.478. The van der Waals surface area contributed by atoms with Crippen molar-refractivity contribution in [1.82, 2.24) is 15.3 Å². The van der Waals surface area contributed by atoms with Crippen molar-refractivity contribution in [3.63, 3.8) is 0 Å². The van der Waals surface area contributed by atoms with Gasteiger partial charge in [0.1, 0.15) is 17.5 Å². The molecule has 0 aromatic carbocycles. The number of nitrogens with one attached hydrogen (secondary N) is 4. The van der Waals surface area contributed by atoms with Gasteiger partial charge in [0.25, 0.3) is 6.43 Å². The van der Waals surface area contributed by atoms with Gasteiger partial charge in [0.2, 0.25) is 0 Å². The van der Waals surface area contributed by atoms with E-state index >= 15 is 0 Å². The lowest BCUT2D eigenvalue weighted by Crippen LogP contribution is -2.54. The highest BCUT2D eigenvalue weighted by atomic mass is 19.3. The van der Waals surface area contributed by atoms with Crippen molar-refractivity contribution in [3.05, 3.63) is 36.2 Å². The maximum Gasteiger partial charge on any atom is 0.277 e. The van der Waals surface area contributed by atoms with E-state index in [0.29, 0.717) is 41.6 Å². The average molecular weight is 455 g/mol. The molecule has 0 radical (unpaired) electrons. The number of fused-ring (bicyclic) bond motifs is 3. The lowest BCUT2D eigenvalue weighted by molar-refractivity contribution is 0.171. The fourth-order valence-electron chi connectivity index (χ4n) is 4.95. The third-order valence-electron chi connectivity index (χ3n) is 6.28. The van der Waals surface area contributed by atoms with Gasteiger partial charge in [-0.1, -0.05) is 0 Å². The van der Waals surface area contributed by atoms with Crippen LogP contribution in [0.3, 0.4) is 0 Å². The highest BCUT2D eigenvalue weighted by Crippen LogP contribution is 2.34. The summed E-state index contributed by atoms with van der Waals surface area (Å²) in [4.78, 5) is 9.02. The van der Waals surface area contributed by atoms with E-state index in [1.54, 1.807) is 12.3 Å². The Labute approximate surface area is 191 Å². The number of piperidine rings is 2. The summed E-state index contributed by atoms with van der Waals surface area (Å²) < 4.78 is 25.3. The molecule has 0 saturated carbocycles. The first kappa shape index (κ1) is 22.9. The Morgan fingerprint density at radius 1 is 1.33 bits per heavy atom. The van der Waals surface area contributed by atoms with Crippen molar-refractivity contribution < 1.29 is 8.78 Å². The molecular formula is C23H28F2N8. The molecule has 2 fully saturated rings. The SMILES string of the molecule is N#CCCC1C[C@@H]2C[C@@H](Nc3nc(NC(=N)/C=C(\N)C(F)F)cc4ncccc34)C[C@H](C1)N2. The molecule has 0 spiro atoms. The lowest BCUT2D eigenvalue weighted by Gasteiger charge is -2.44. The highest BCUT2D eigenvalue weighted by Gasteiger charge is 2.35. The highest BCUT2D eigenvalue weighted by molar-refractivity contribution is 6.03. The molecule has 6 N–H and O–H groups in total. The molecule has 4 atom stereocenters. The van der Waals surface area contributed by atoms with Crippen molar-refractivity contribution in [3.8, 4) is 6.07 Å². The van der Waals surface area contributed by atoms with Crippen LogP contribution in [-0.2, 0) is 0 Å². The van der Waals surface area contributed by atoms with E-state index in [2.05, 4.69) is 32.0 Å². The number of amidine groups is 1. The van der Waals surface area contributed by atoms with E-state index in [1.165, 1.54) is 0 Å². The lowest BCUT2D eigenvalue weighted by atomic mass is 9.77. The Morgan fingerprint density at radius 3 is 2.79 bits per heavy atom. The molecule has 8 nitrogen and oxygen atoms in total. The summed E-state index contributed by atoms with van der Waals surface area (Å²) in [7, 11) is 0. The number of anilines is 2. The first-order valence-electron chi connectivity index (χ1n) is 11.2. The number of rotatable bonds is 7. The van der Waals surface area contributed by atoms with Crippen LogP contribution in [0.5, 0.6) is 0 Å². The van der Waals surface area contributed by atoms with Gasteiger partial charge in [0.15, 0.2) is 0 Å². The summed E-state index contributed by atoms with van der Waals surface area (Å²) in [6.07, 6.45) is 5.35. The largest absolute Gasteiger partial charge is 0.397 e. The van der Waals surface area contributed by atoms with Crippen molar-refractivity contribution in [2.45, 2.75) is 63.1 Å². The Kier molecular flexibility index (Phi) is 6.99. The number of aromatic nitrogens is 2. The molecule has 4 heterocycles. The first-order chi connectivity index (χ1) is 15.9. The second-order valence-corrected chi connectivity index (χ2v) is 8.82. The molecule has 10 heteroatoms. The minimum Gasteiger partial charge on any atom is -0.397 e. The molecule has 2 aliphatic rings. The number of nitriles is 1. The van der Waals surface area contributed by atoms with Crippen molar-refractivity contribution in [2.75, 3.05) is 10.6 Å². The molecule has 174 valence electrons. The molecule has 0 aliphatic carbocycles. The maximum atomic E-state index is 12.7. The zero-order valence-electron chi connectivity index (χ0n) is 18.2. The zero-order chi connectivity index (χ0) is 23.4. The second kappa shape index (κ2) is 10.1. The van der Waals surface area contributed by atoms with Crippen LogP contribution in [-0.4, -0.2) is 40.4 Å². The van der Waals surface area contributed by atoms with Crippen LogP contribution in [0.4, 0.5) is 20.4 Å². The summed E-state index contributed by atoms with van der Waals surface area (Å²) in [5.41, 5.74) is 5.26. The van der Waals surface area contributed by atoms with Gasteiger partial charge in [-0.05, 0) is 50.2 Å². The Bertz CT molecular complexity index is 1070. The van der Waals surface area contributed by atoms with E-state index in [1.807, 2.05) is 12.1 Å². The number of allylic oxidation sites excluding steroid dienone is 1. The molecule has 1 unspecified atom stereocenters. The van der Waals surface area contributed by atoms with E-state index in [0.717, 1.165) is 43.6 Å². The van der Waals surface area contributed by atoms with Crippen LogP contribution in [0.25, 0.3) is 10.9 Å². The Morgan fingerprint density at radius 2 is 2.09 bits per heavy atom. The minimum atomic E-state index is -2.82. The van der Waals surface area contributed by atoms with Crippen LogP contribution >= 0.6 is 0 Å². The van der Waals surface area contributed by atoms with E-state index < -0.39 is 12.1 Å². The molecule has 4 rings (SSSR count). The van der Waals surface area contributed by atoms with Crippen LogP contribution < -0.4 is 21.7 Å². The smallest absolute Gasteiger partial charge is 0.277 e. The Hall–Kier alpha value is -3.32. The first-order valence-corrected chi connectivity index (χ1v) is 11.2. The quantitative estimate of drug-likeness (QED) is 0.318. The summed E-state index contributed by atoms with van der Waals surface area (Å²) in [5.74, 6) is 1.30. The molecule has 2 aromatic heterocycles. The van der Waals surface area contributed by atoms with Gasteiger partial charge in [0.05, 0.1) is 17.3 Å². The van der Waals surface area contributed by atoms with Gasteiger partial charge in [-0.3, -0.25) is 10.4 Å². The van der Waals surface area contributed by atoms with Gasteiger partial charge in [-0.25, -0.2) is 13.8 Å². The topological polar surface area (TPSA) is 136 Å². The number of hydrogen-bond acceptors (Lipinski definition) is 7. The van der Waals surface area contributed by atoms with Crippen LogP contribution in [0.1, 0.15) is 38.5 Å². The molecule has 2 aromatic rings. The normalized spacial score (nSPS) is 25.0. The summed E-state index contributed by atoms with van der Waals surface area (Å²) in [6.45, 7) is 0. The number of alkyl halides is 2. The monoisotopic (exact) mass is 454 g/mol. The minimum absolute atomic E-state index is 0.221. The van der Waals surface area contributed by atoms with Crippen molar-refractivity contribution in [1.29, 1.82) is 10.7 Å². The van der Waals surface area contributed by atoms with Gasteiger partial charge in [0, 0.05) is 48.3 Å². The number of halogens is 2. The van der Waals surface area contributed by atoms with Gasteiger partial charge < -0.3 is 21.7 Å². The van der Waals surface area contributed by atoms with Gasteiger partial charge in [-0.15, -0.1) is 0 Å². The molecular weight excluding hydrogens is 426 g/mol. The number of nitrogens with two attached hydrogens (primary N) is 1. The second-order valence-electron chi connectivity index (χ2n) is 8.82. The maximum absolute atomic E-state index is 12.7. The molecule has 2 bridgehead atoms. The standard InChI is InChI=1S/C23H28F2N8/c24-22(25)18(27)11-20(28)32-21-12-19-17(4-2-6-29-19)23(33-21)31-16-9-14-7-13(3-1-5-26)8-15(10-16)30-14/h2,4,6,11-16,22,30H,1,3,7-10,27H2,(H3,28,31,32,33)/b18-11-/t13?,14-,15+,16-. The number of hydrogen-bond donors (Lipinski definition) is 5. The van der Waals surface area contributed by atoms with E-state index in [-0.39, 0.29) is 11.9 Å². The summed E-state index contributed by atoms with van der Waals surface area (Å²) in [5, 5.41) is 27.7. The third-order valence-corrected chi connectivity index (χ3v) is 6.28. The van der Waals surface area contributed by atoms with Crippen LogP contribution in [0.2, 0.25) is 0 Å². The predicted octanol–water partition coefficient (Wildman–Crippen LogP) is 3.74. The molecule has 2 aliphatic heterocycles. The van der Waals surface area contributed by atoms with Crippen LogP contribution in [0, 0.1) is 22.7 Å². The molecule has 33 heavy (non-hydrogen) atoms. The molecule has 0 amide bonds. The van der Waals surface area contributed by atoms with Crippen molar-refractivity contribution in [2.24, 2.45) is 11.7 Å². The van der Waals surface area contributed by atoms with Gasteiger partial charge in [-0.2, -0.15) is 5.26 Å². The third kappa shape index (κ3) is 5.73. The predicted molar refractivity (Wildman–Crippen MR) is 124 cm³/mol.